The molecular formula is C10H9ClN6O4. The van der Waals surface area contributed by atoms with Crippen LogP contribution in [0, 0.1) is 17.0 Å². The molecular weight excluding hydrogens is 304 g/mol. The van der Waals surface area contributed by atoms with Crippen LogP contribution in [0.5, 0.6) is 0 Å². The van der Waals surface area contributed by atoms with E-state index in [1.54, 1.807) is 6.92 Å². The normalized spacial score (nSPS) is 10.2. The molecule has 10 nitrogen and oxygen atoms in total. The fourth-order valence-electron chi connectivity index (χ4n) is 1.53. The van der Waals surface area contributed by atoms with Crippen molar-refractivity contribution in [1.29, 1.82) is 0 Å². The molecule has 0 atom stereocenters. The Hall–Kier alpha value is -2.72. The standard InChI is InChI=1S/C10H9ClN6O4/c1-4-13-10(21-16-4)14-9(18)5-2-6(11)8(15-12)7(3-5)17(19)20/h2-3,15H,12H2,1H3,(H,13,14,16,18). The highest BCUT2D eigenvalue weighted by Gasteiger charge is 2.21. The van der Waals surface area contributed by atoms with Crippen molar-refractivity contribution >= 4 is 34.9 Å². The summed E-state index contributed by atoms with van der Waals surface area (Å²) in [6.45, 7) is 1.57. The van der Waals surface area contributed by atoms with Crippen molar-refractivity contribution in [3.8, 4) is 0 Å². The van der Waals surface area contributed by atoms with Crippen molar-refractivity contribution < 1.29 is 14.2 Å². The zero-order valence-corrected chi connectivity index (χ0v) is 11.3. The van der Waals surface area contributed by atoms with Crippen molar-refractivity contribution in [2.45, 2.75) is 6.92 Å². The Morgan fingerprint density at radius 3 is 2.76 bits per heavy atom. The molecule has 0 aliphatic carbocycles. The minimum Gasteiger partial charge on any atom is -0.317 e. The van der Waals surface area contributed by atoms with E-state index in [0.717, 1.165) is 6.07 Å². The Balaban J connectivity index is 2.35. The number of benzene rings is 1. The molecule has 4 N–H and O–H groups in total. The number of carbonyl (C=O) groups is 1. The SMILES string of the molecule is Cc1noc(NC(=O)c2cc(Cl)c(NN)c([N+](=O)[O-])c2)n1. The number of amides is 1. The maximum absolute atomic E-state index is 12.0. The van der Waals surface area contributed by atoms with Crippen molar-refractivity contribution in [3.63, 3.8) is 0 Å². The highest BCUT2D eigenvalue weighted by molar-refractivity contribution is 6.34. The molecule has 0 radical (unpaired) electrons. The molecule has 11 heteroatoms. The Morgan fingerprint density at radius 1 is 1.52 bits per heavy atom. The summed E-state index contributed by atoms with van der Waals surface area (Å²) in [5.74, 6) is 4.81. The molecule has 0 aliphatic heterocycles. The molecule has 0 aliphatic rings. The fraction of sp³-hybridized carbons (Fsp3) is 0.100. The van der Waals surface area contributed by atoms with Crippen LogP contribution < -0.4 is 16.6 Å². The molecule has 110 valence electrons. The van der Waals surface area contributed by atoms with Crippen LogP contribution in [-0.2, 0) is 0 Å². The first-order valence-electron chi connectivity index (χ1n) is 5.48. The van der Waals surface area contributed by atoms with E-state index >= 15 is 0 Å². The maximum Gasteiger partial charge on any atom is 0.328 e. The predicted octanol–water partition coefficient (Wildman–Crippen LogP) is 1.48. The van der Waals surface area contributed by atoms with Gasteiger partial charge in [-0.05, 0) is 13.0 Å². The molecule has 0 spiro atoms. The van der Waals surface area contributed by atoms with Gasteiger partial charge in [-0.2, -0.15) is 4.98 Å². The second-order valence-electron chi connectivity index (χ2n) is 3.85. The van der Waals surface area contributed by atoms with Crippen LogP contribution in [0.3, 0.4) is 0 Å². The largest absolute Gasteiger partial charge is 0.328 e. The van der Waals surface area contributed by atoms with Gasteiger partial charge in [0, 0.05) is 11.6 Å². The van der Waals surface area contributed by atoms with Gasteiger partial charge in [0.25, 0.3) is 11.6 Å². The van der Waals surface area contributed by atoms with Crippen LogP contribution in [0.25, 0.3) is 0 Å². The Bertz CT molecular complexity index is 716. The second kappa shape index (κ2) is 5.73. The smallest absolute Gasteiger partial charge is 0.317 e. The van der Waals surface area contributed by atoms with Gasteiger partial charge in [0.1, 0.15) is 5.69 Å². The number of nitro groups is 1. The third kappa shape index (κ3) is 3.07. The fourth-order valence-corrected chi connectivity index (χ4v) is 1.80. The van der Waals surface area contributed by atoms with Gasteiger partial charge in [0.2, 0.25) is 0 Å². The Kier molecular flexibility index (Phi) is 4.00. The molecule has 0 fully saturated rings. The molecule has 1 heterocycles. The number of nitrogens with two attached hydrogens (primary N) is 1. The maximum atomic E-state index is 12.0. The number of nitro benzene ring substituents is 1. The zero-order valence-electron chi connectivity index (χ0n) is 10.6. The summed E-state index contributed by atoms with van der Waals surface area (Å²) in [5.41, 5.74) is 1.54. The Labute approximate surface area is 122 Å². The van der Waals surface area contributed by atoms with E-state index in [0.29, 0.717) is 5.82 Å². The summed E-state index contributed by atoms with van der Waals surface area (Å²) >= 11 is 5.85. The van der Waals surface area contributed by atoms with Crippen LogP contribution in [0.4, 0.5) is 17.4 Å². The van der Waals surface area contributed by atoms with E-state index in [1.807, 2.05) is 0 Å². The highest BCUT2D eigenvalue weighted by atomic mass is 35.5. The van der Waals surface area contributed by atoms with Gasteiger partial charge < -0.3 is 9.95 Å². The van der Waals surface area contributed by atoms with Gasteiger partial charge >= 0.3 is 6.01 Å². The van der Waals surface area contributed by atoms with Crippen molar-refractivity contribution in [1.82, 2.24) is 10.1 Å². The van der Waals surface area contributed by atoms with Gasteiger partial charge in [-0.1, -0.05) is 16.8 Å². The third-order valence-corrected chi connectivity index (χ3v) is 2.72. The number of nitrogen functional groups attached to an aromatic ring is 1. The van der Waals surface area contributed by atoms with Crippen molar-refractivity contribution in [3.05, 3.63) is 38.7 Å². The lowest BCUT2D eigenvalue weighted by Gasteiger charge is -2.07. The van der Waals surface area contributed by atoms with E-state index in [4.69, 9.17) is 22.0 Å². The summed E-state index contributed by atoms with van der Waals surface area (Å²) in [4.78, 5) is 26.0. The molecule has 0 bridgehead atoms. The number of aryl methyl sites for hydroxylation is 1. The van der Waals surface area contributed by atoms with E-state index in [1.165, 1.54) is 6.07 Å². The molecule has 2 rings (SSSR count). The van der Waals surface area contributed by atoms with Crippen LogP contribution in [-0.4, -0.2) is 21.0 Å². The van der Waals surface area contributed by atoms with E-state index < -0.39 is 16.5 Å². The number of aromatic nitrogens is 2. The average molecular weight is 313 g/mol. The van der Waals surface area contributed by atoms with Crippen molar-refractivity contribution in [2.24, 2.45) is 5.84 Å². The van der Waals surface area contributed by atoms with Gasteiger partial charge in [-0.25, -0.2) is 0 Å². The van der Waals surface area contributed by atoms with Gasteiger partial charge in [-0.3, -0.25) is 26.1 Å². The summed E-state index contributed by atoms with van der Waals surface area (Å²) in [6.07, 6.45) is 0. The number of nitrogens with one attached hydrogen (secondary N) is 2. The summed E-state index contributed by atoms with van der Waals surface area (Å²) < 4.78 is 4.72. The first-order valence-corrected chi connectivity index (χ1v) is 5.86. The van der Waals surface area contributed by atoms with Crippen LogP contribution in [0.15, 0.2) is 16.7 Å². The lowest BCUT2D eigenvalue weighted by molar-refractivity contribution is -0.384. The van der Waals surface area contributed by atoms with Crippen LogP contribution in [0.2, 0.25) is 5.02 Å². The second-order valence-corrected chi connectivity index (χ2v) is 4.26. The molecule has 0 unspecified atom stereocenters. The summed E-state index contributed by atoms with van der Waals surface area (Å²) in [5, 5.41) is 16.7. The lowest BCUT2D eigenvalue weighted by atomic mass is 10.1. The number of anilines is 2. The topological polar surface area (TPSA) is 149 Å². The quantitative estimate of drug-likeness (QED) is 0.436. The number of rotatable bonds is 4. The minimum absolute atomic E-state index is 0.0541. The molecule has 2 aromatic rings. The predicted molar refractivity (Wildman–Crippen MR) is 72.9 cm³/mol. The molecule has 1 amide bonds. The van der Waals surface area contributed by atoms with Gasteiger partial charge in [-0.15, -0.1) is 0 Å². The molecule has 1 aromatic carbocycles. The van der Waals surface area contributed by atoms with Gasteiger partial charge in [0.15, 0.2) is 5.82 Å². The number of hydrogen-bond donors (Lipinski definition) is 3. The molecule has 0 saturated heterocycles. The Morgan fingerprint density at radius 2 is 2.24 bits per heavy atom. The van der Waals surface area contributed by atoms with E-state index in [2.05, 4.69) is 20.9 Å². The van der Waals surface area contributed by atoms with Crippen LogP contribution in [0.1, 0.15) is 16.2 Å². The van der Waals surface area contributed by atoms with E-state index in [9.17, 15) is 14.9 Å². The number of hydrogen-bond acceptors (Lipinski definition) is 8. The van der Waals surface area contributed by atoms with E-state index in [-0.39, 0.29) is 22.3 Å². The minimum atomic E-state index is -0.714. The van der Waals surface area contributed by atoms with Crippen LogP contribution >= 0.6 is 11.6 Å². The van der Waals surface area contributed by atoms with Crippen molar-refractivity contribution in [2.75, 3.05) is 10.7 Å². The molecule has 0 saturated carbocycles. The monoisotopic (exact) mass is 312 g/mol. The number of carbonyl (C=O) groups excluding carboxylic acids is 1. The third-order valence-electron chi connectivity index (χ3n) is 2.42. The average Bonchev–Trinajstić information content (AvgIpc) is 2.82. The lowest BCUT2D eigenvalue weighted by Crippen LogP contribution is -2.14. The number of nitrogens with zero attached hydrogens (tertiary/aromatic N) is 3. The zero-order chi connectivity index (χ0) is 15.6. The summed E-state index contributed by atoms with van der Waals surface area (Å²) in [7, 11) is 0. The summed E-state index contributed by atoms with van der Waals surface area (Å²) in [6, 6.07) is 2.12. The highest BCUT2D eigenvalue weighted by Crippen LogP contribution is 2.33. The van der Waals surface area contributed by atoms with Gasteiger partial charge in [0.05, 0.1) is 9.95 Å². The number of halogens is 1. The number of hydrazine groups is 1. The first-order chi connectivity index (χ1) is 9.92. The first kappa shape index (κ1) is 14.7. The molecule has 21 heavy (non-hydrogen) atoms. The molecule has 1 aromatic heterocycles.